The highest BCUT2D eigenvalue weighted by Gasteiger charge is 1.99. The van der Waals surface area contributed by atoms with Crippen molar-refractivity contribution in [3.8, 4) is 0 Å². The van der Waals surface area contributed by atoms with E-state index in [1.54, 1.807) is 0 Å². The average Bonchev–Trinajstić information content (AvgIpc) is 2.18. The standard InChI is InChI=1S/C11H8N2S/c1-8-6-11(12-7-14)13-10-5-3-2-4-9(8)10/h2-6H,1H3. The number of benzene rings is 1. The minimum atomic E-state index is 0.621. The highest BCUT2D eigenvalue weighted by Crippen LogP contribution is 2.20. The molecule has 0 unspecified atom stereocenters. The summed E-state index contributed by atoms with van der Waals surface area (Å²) in [5.74, 6) is 0.621. The van der Waals surface area contributed by atoms with E-state index in [2.05, 4.69) is 27.4 Å². The first kappa shape index (κ1) is 9.00. The number of aryl methyl sites for hydroxylation is 1. The van der Waals surface area contributed by atoms with Crippen molar-refractivity contribution in [2.24, 2.45) is 4.99 Å². The van der Waals surface area contributed by atoms with Gasteiger partial charge >= 0.3 is 0 Å². The van der Waals surface area contributed by atoms with Crippen molar-refractivity contribution in [3.05, 3.63) is 35.9 Å². The summed E-state index contributed by atoms with van der Waals surface area (Å²) in [6.07, 6.45) is 0. The Morgan fingerprint density at radius 2 is 2.14 bits per heavy atom. The number of para-hydroxylation sites is 1. The van der Waals surface area contributed by atoms with E-state index in [1.165, 1.54) is 0 Å². The van der Waals surface area contributed by atoms with Crippen LogP contribution in [-0.2, 0) is 0 Å². The molecule has 1 aromatic carbocycles. The van der Waals surface area contributed by atoms with Crippen LogP contribution in [0.2, 0.25) is 0 Å². The zero-order valence-electron chi connectivity index (χ0n) is 7.69. The monoisotopic (exact) mass is 200 g/mol. The molecule has 0 aliphatic carbocycles. The molecule has 0 atom stereocenters. The minimum Gasteiger partial charge on any atom is -0.228 e. The number of fused-ring (bicyclic) bond motifs is 1. The zero-order chi connectivity index (χ0) is 9.97. The molecule has 68 valence electrons. The van der Waals surface area contributed by atoms with Crippen LogP contribution in [0.4, 0.5) is 5.82 Å². The molecule has 0 aliphatic rings. The number of hydrogen-bond donors (Lipinski definition) is 0. The van der Waals surface area contributed by atoms with Crippen molar-refractivity contribution in [2.75, 3.05) is 0 Å². The van der Waals surface area contributed by atoms with Crippen LogP contribution >= 0.6 is 12.2 Å². The number of aromatic nitrogens is 1. The third-order valence-corrected chi connectivity index (χ3v) is 2.16. The van der Waals surface area contributed by atoms with Gasteiger partial charge in [0.1, 0.15) is 0 Å². The van der Waals surface area contributed by atoms with E-state index < -0.39 is 0 Å². The molecule has 1 aromatic heterocycles. The third kappa shape index (κ3) is 1.55. The summed E-state index contributed by atoms with van der Waals surface area (Å²) < 4.78 is 0. The maximum atomic E-state index is 4.54. The van der Waals surface area contributed by atoms with Gasteiger partial charge in [0.05, 0.1) is 10.7 Å². The molecule has 0 aliphatic heterocycles. The summed E-state index contributed by atoms with van der Waals surface area (Å²) in [7, 11) is 0. The molecule has 2 rings (SSSR count). The van der Waals surface area contributed by atoms with Crippen molar-refractivity contribution in [1.82, 2.24) is 4.98 Å². The molecule has 0 fully saturated rings. The van der Waals surface area contributed by atoms with Gasteiger partial charge < -0.3 is 0 Å². The lowest BCUT2D eigenvalue weighted by Gasteiger charge is -2.01. The number of nitrogens with zero attached hydrogens (tertiary/aromatic N) is 2. The smallest absolute Gasteiger partial charge is 0.163 e. The Kier molecular flexibility index (Phi) is 2.35. The number of thiocarbonyl (C=S) groups is 1. The second-order valence-electron chi connectivity index (χ2n) is 3.02. The molecule has 2 aromatic rings. The van der Waals surface area contributed by atoms with Crippen LogP contribution in [0.15, 0.2) is 35.3 Å². The fraction of sp³-hybridized carbons (Fsp3) is 0.0909. The number of aliphatic imine (C=N–C) groups is 1. The Hall–Kier alpha value is -1.57. The fourth-order valence-corrected chi connectivity index (χ4v) is 1.53. The zero-order valence-corrected chi connectivity index (χ0v) is 8.51. The Labute approximate surface area is 87.3 Å². The minimum absolute atomic E-state index is 0.621. The van der Waals surface area contributed by atoms with Crippen LogP contribution in [0.1, 0.15) is 5.56 Å². The predicted octanol–water partition coefficient (Wildman–Crippen LogP) is 3.28. The van der Waals surface area contributed by atoms with Gasteiger partial charge in [-0.25, -0.2) is 4.98 Å². The summed E-state index contributed by atoms with van der Waals surface area (Å²) in [5.41, 5.74) is 2.09. The molecule has 0 N–H and O–H groups in total. The first-order valence-electron chi connectivity index (χ1n) is 4.25. The quantitative estimate of drug-likeness (QED) is 0.521. The topological polar surface area (TPSA) is 25.2 Å². The lowest BCUT2D eigenvalue weighted by atomic mass is 10.1. The van der Waals surface area contributed by atoms with Gasteiger partial charge in [0.2, 0.25) is 0 Å². The van der Waals surface area contributed by atoms with Gasteiger partial charge in [-0.3, -0.25) is 0 Å². The lowest BCUT2D eigenvalue weighted by Crippen LogP contribution is -1.82. The van der Waals surface area contributed by atoms with E-state index in [0.29, 0.717) is 5.82 Å². The van der Waals surface area contributed by atoms with Gasteiger partial charge in [-0.1, -0.05) is 18.2 Å². The van der Waals surface area contributed by atoms with E-state index in [-0.39, 0.29) is 0 Å². The lowest BCUT2D eigenvalue weighted by molar-refractivity contribution is 1.32. The summed E-state index contributed by atoms with van der Waals surface area (Å²) in [5, 5.41) is 3.47. The second kappa shape index (κ2) is 3.66. The molecule has 0 saturated heterocycles. The summed E-state index contributed by atoms with van der Waals surface area (Å²) in [4.78, 5) is 8.20. The Morgan fingerprint density at radius 1 is 1.36 bits per heavy atom. The largest absolute Gasteiger partial charge is 0.228 e. The summed E-state index contributed by atoms with van der Waals surface area (Å²) >= 11 is 4.54. The Bertz CT molecular complexity index is 528. The van der Waals surface area contributed by atoms with Gasteiger partial charge in [-0.15, -0.1) is 0 Å². The van der Waals surface area contributed by atoms with Crippen molar-refractivity contribution < 1.29 is 0 Å². The summed E-state index contributed by atoms with van der Waals surface area (Å²) in [6.45, 7) is 2.03. The first-order valence-corrected chi connectivity index (χ1v) is 4.66. The first-order chi connectivity index (χ1) is 6.81. The van der Waals surface area contributed by atoms with Gasteiger partial charge in [0.15, 0.2) is 5.82 Å². The van der Waals surface area contributed by atoms with Crippen LogP contribution in [0.25, 0.3) is 10.9 Å². The van der Waals surface area contributed by atoms with Crippen molar-refractivity contribution in [3.63, 3.8) is 0 Å². The van der Waals surface area contributed by atoms with Crippen LogP contribution in [0, 0.1) is 6.92 Å². The van der Waals surface area contributed by atoms with Crippen LogP contribution < -0.4 is 0 Å². The highest BCUT2D eigenvalue weighted by atomic mass is 32.1. The maximum Gasteiger partial charge on any atom is 0.163 e. The molecule has 1 heterocycles. The maximum absolute atomic E-state index is 4.54. The predicted molar refractivity (Wildman–Crippen MR) is 61.2 cm³/mol. The molecule has 0 radical (unpaired) electrons. The molecule has 0 spiro atoms. The molecule has 0 bridgehead atoms. The molecule has 0 saturated carbocycles. The van der Waals surface area contributed by atoms with Gasteiger partial charge in [0, 0.05) is 5.39 Å². The highest BCUT2D eigenvalue weighted by molar-refractivity contribution is 7.78. The van der Waals surface area contributed by atoms with Crippen molar-refractivity contribution >= 4 is 34.1 Å². The SMILES string of the molecule is Cc1cc(N=C=S)nc2ccccc12. The molecule has 3 heteroatoms. The van der Waals surface area contributed by atoms with E-state index in [4.69, 9.17) is 0 Å². The molecule has 2 nitrogen and oxygen atoms in total. The fourth-order valence-electron chi connectivity index (χ4n) is 1.44. The van der Waals surface area contributed by atoms with E-state index in [0.717, 1.165) is 16.5 Å². The average molecular weight is 200 g/mol. The second-order valence-corrected chi connectivity index (χ2v) is 3.20. The van der Waals surface area contributed by atoms with Crippen molar-refractivity contribution in [1.29, 1.82) is 0 Å². The Morgan fingerprint density at radius 3 is 2.93 bits per heavy atom. The Balaban J connectivity index is 2.78. The number of isothiocyanates is 1. The third-order valence-electron chi connectivity index (χ3n) is 2.07. The summed E-state index contributed by atoms with van der Waals surface area (Å²) in [6, 6.07) is 9.87. The van der Waals surface area contributed by atoms with Crippen LogP contribution in [0.3, 0.4) is 0 Å². The molecule has 14 heavy (non-hydrogen) atoms. The van der Waals surface area contributed by atoms with Gasteiger partial charge in [-0.05, 0) is 36.8 Å². The molecular formula is C11H8N2S. The number of rotatable bonds is 1. The molecule has 0 amide bonds. The molecular weight excluding hydrogens is 192 g/mol. The van der Waals surface area contributed by atoms with E-state index in [1.807, 2.05) is 37.3 Å². The number of hydrogen-bond acceptors (Lipinski definition) is 3. The normalized spacial score (nSPS) is 9.79. The van der Waals surface area contributed by atoms with Crippen LogP contribution in [-0.4, -0.2) is 10.1 Å². The van der Waals surface area contributed by atoms with Gasteiger partial charge in [0.25, 0.3) is 0 Å². The number of pyridine rings is 1. The van der Waals surface area contributed by atoms with Gasteiger partial charge in [-0.2, -0.15) is 4.99 Å². The van der Waals surface area contributed by atoms with E-state index >= 15 is 0 Å². The van der Waals surface area contributed by atoms with E-state index in [9.17, 15) is 0 Å². The van der Waals surface area contributed by atoms with Crippen molar-refractivity contribution in [2.45, 2.75) is 6.92 Å². The van der Waals surface area contributed by atoms with Crippen LogP contribution in [0.5, 0.6) is 0 Å².